The summed E-state index contributed by atoms with van der Waals surface area (Å²) in [6.45, 7) is 4.42. The predicted octanol–water partition coefficient (Wildman–Crippen LogP) is 3.07. The number of aryl methyl sites for hydroxylation is 2. The molecule has 0 saturated heterocycles. The standard InChI is InChI=1S/C21H22N2O3/c1-4-12-22-21(25)18-7-5-6-8-19(18)23-20(24)11-13-26-17-10-9-15(2)16(3)14-17/h1,5-10,14H,11-13H2,2-3H3,(H,22,25)(H,23,24). The molecule has 5 heteroatoms. The van der Waals surface area contributed by atoms with Gasteiger partial charge in [-0.3, -0.25) is 9.59 Å². The van der Waals surface area contributed by atoms with E-state index in [0.29, 0.717) is 11.3 Å². The van der Waals surface area contributed by atoms with Crippen molar-refractivity contribution in [2.45, 2.75) is 20.3 Å². The van der Waals surface area contributed by atoms with Crippen LogP contribution < -0.4 is 15.4 Å². The van der Waals surface area contributed by atoms with Crippen LogP contribution in [0.1, 0.15) is 27.9 Å². The van der Waals surface area contributed by atoms with Crippen LogP contribution in [0.25, 0.3) is 0 Å². The SMILES string of the molecule is C#CCNC(=O)c1ccccc1NC(=O)CCOc1ccc(C)c(C)c1. The molecule has 0 saturated carbocycles. The quantitative estimate of drug-likeness (QED) is 0.754. The van der Waals surface area contributed by atoms with Crippen molar-refractivity contribution in [3.63, 3.8) is 0 Å². The van der Waals surface area contributed by atoms with Gasteiger partial charge in [-0.2, -0.15) is 0 Å². The number of nitrogens with one attached hydrogen (secondary N) is 2. The summed E-state index contributed by atoms with van der Waals surface area (Å²) < 4.78 is 5.62. The van der Waals surface area contributed by atoms with E-state index in [1.54, 1.807) is 24.3 Å². The largest absolute Gasteiger partial charge is 0.493 e. The maximum Gasteiger partial charge on any atom is 0.254 e. The first-order valence-electron chi connectivity index (χ1n) is 8.32. The monoisotopic (exact) mass is 350 g/mol. The number of carbonyl (C=O) groups excluding carboxylic acids is 2. The first kappa shape index (κ1) is 19.1. The molecule has 0 spiro atoms. The van der Waals surface area contributed by atoms with Gasteiger partial charge in [0.05, 0.1) is 30.8 Å². The highest BCUT2D eigenvalue weighted by atomic mass is 16.5. The van der Waals surface area contributed by atoms with Crippen molar-refractivity contribution in [3.8, 4) is 18.1 Å². The predicted molar refractivity (Wildman–Crippen MR) is 102 cm³/mol. The zero-order chi connectivity index (χ0) is 18.9. The summed E-state index contributed by atoms with van der Waals surface area (Å²) in [6.07, 6.45) is 5.32. The fourth-order valence-electron chi connectivity index (χ4n) is 2.29. The molecule has 0 radical (unpaired) electrons. The minimum absolute atomic E-state index is 0.130. The molecule has 2 aromatic rings. The second kappa shape index (κ2) is 9.28. The second-order valence-electron chi connectivity index (χ2n) is 5.83. The van der Waals surface area contributed by atoms with E-state index >= 15 is 0 Å². The van der Waals surface area contributed by atoms with Crippen LogP contribution in [0.5, 0.6) is 5.75 Å². The summed E-state index contributed by atoms with van der Waals surface area (Å²) in [4.78, 5) is 24.2. The normalized spacial score (nSPS) is 9.88. The van der Waals surface area contributed by atoms with Gasteiger partial charge in [0, 0.05) is 0 Å². The maximum absolute atomic E-state index is 12.2. The average Bonchev–Trinajstić information content (AvgIpc) is 2.63. The first-order valence-corrected chi connectivity index (χ1v) is 8.32. The molecule has 0 aromatic heterocycles. The molecule has 0 atom stereocenters. The Morgan fingerprint density at radius 1 is 1.12 bits per heavy atom. The number of amides is 2. The lowest BCUT2D eigenvalue weighted by Gasteiger charge is -2.11. The third-order valence-corrected chi connectivity index (χ3v) is 3.87. The lowest BCUT2D eigenvalue weighted by molar-refractivity contribution is -0.116. The van der Waals surface area contributed by atoms with E-state index in [4.69, 9.17) is 11.2 Å². The van der Waals surface area contributed by atoms with Gasteiger partial charge in [0.15, 0.2) is 0 Å². The Hall–Kier alpha value is -3.26. The van der Waals surface area contributed by atoms with Gasteiger partial charge in [-0.15, -0.1) is 6.42 Å². The van der Waals surface area contributed by atoms with Gasteiger partial charge in [0.2, 0.25) is 5.91 Å². The fraction of sp³-hybridized carbons (Fsp3) is 0.238. The van der Waals surface area contributed by atoms with Crippen molar-refractivity contribution in [1.82, 2.24) is 5.32 Å². The molecule has 0 heterocycles. The van der Waals surface area contributed by atoms with Gasteiger partial charge in [0.25, 0.3) is 5.91 Å². The molecule has 0 unspecified atom stereocenters. The Morgan fingerprint density at radius 3 is 2.62 bits per heavy atom. The summed E-state index contributed by atoms with van der Waals surface area (Å²) >= 11 is 0. The van der Waals surface area contributed by atoms with E-state index < -0.39 is 0 Å². The Balaban J connectivity index is 1.90. The summed E-state index contributed by atoms with van der Waals surface area (Å²) in [6, 6.07) is 12.6. The lowest BCUT2D eigenvalue weighted by Crippen LogP contribution is -2.25. The van der Waals surface area contributed by atoms with Crippen molar-refractivity contribution < 1.29 is 14.3 Å². The van der Waals surface area contributed by atoms with E-state index in [9.17, 15) is 9.59 Å². The summed E-state index contributed by atoms with van der Waals surface area (Å²) in [7, 11) is 0. The molecule has 0 bridgehead atoms. The molecule has 2 aromatic carbocycles. The van der Waals surface area contributed by atoms with Crippen LogP contribution in [0.2, 0.25) is 0 Å². The van der Waals surface area contributed by atoms with E-state index in [-0.39, 0.29) is 31.4 Å². The molecule has 5 nitrogen and oxygen atoms in total. The van der Waals surface area contributed by atoms with Crippen molar-refractivity contribution in [3.05, 3.63) is 59.2 Å². The van der Waals surface area contributed by atoms with Crippen molar-refractivity contribution in [2.75, 3.05) is 18.5 Å². The first-order chi connectivity index (χ1) is 12.5. The Morgan fingerprint density at radius 2 is 1.88 bits per heavy atom. The van der Waals surface area contributed by atoms with Crippen LogP contribution in [0.4, 0.5) is 5.69 Å². The number of carbonyl (C=O) groups is 2. The number of rotatable bonds is 7. The van der Waals surface area contributed by atoms with Crippen LogP contribution in [0.15, 0.2) is 42.5 Å². The van der Waals surface area contributed by atoms with Crippen LogP contribution >= 0.6 is 0 Å². The summed E-state index contributed by atoms with van der Waals surface area (Å²) in [5.74, 6) is 2.52. The zero-order valence-corrected chi connectivity index (χ0v) is 15.0. The number of anilines is 1. The molecule has 0 aliphatic rings. The Bertz CT molecular complexity index is 837. The van der Waals surface area contributed by atoms with Crippen molar-refractivity contribution >= 4 is 17.5 Å². The molecule has 26 heavy (non-hydrogen) atoms. The number of para-hydroxylation sites is 1. The van der Waals surface area contributed by atoms with Gasteiger partial charge in [0.1, 0.15) is 5.75 Å². The smallest absolute Gasteiger partial charge is 0.254 e. The molecule has 0 fully saturated rings. The minimum atomic E-state index is -0.328. The molecule has 134 valence electrons. The lowest BCUT2D eigenvalue weighted by atomic mass is 10.1. The number of hydrogen-bond donors (Lipinski definition) is 2. The van der Waals surface area contributed by atoms with Crippen LogP contribution in [-0.2, 0) is 4.79 Å². The maximum atomic E-state index is 12.2. The van der Waals surface area contributed by atoms with Crippen molar-refractivity contribution in [1.29, 1.82) is 0 Å². The van der Waals surface area contributed by atoms with E-state index in [1.165, 1.54) is 5.56 Å². The Kier molecular flexibility index (Phi) is 6.81. The van der Waals surface area contributed by atoms with Crippen molar-refractivity contribution in [2.24, 2.45) is 0 Å². The minimum Gasteiger partial charge on any atom is -0.493 e. The average molecular weight is 350 g/mol. The summed E-state index contributed by atoms with van der Waals surface area (Å²) in [5.41, 5.74) is 3.14. The Labute approximate surface area is 153 Å². The molecule has 0 aliphatic carbocycles. The van der Waals surface area contributed by atoms with Crippen LogP contribution in [0.3, 0.4) is 0 Å². The molecular weight excluding hydrogens is 328 g/mol. The fourth-order valence-corrected chi connectivity index (χ4v) is 2.29. The van der Waals surface area contributed by atoms with Gasteiger partial charge in [-0.25, -0.2) is 0 Å². The van der Waals surface area contributed by atoms with E-state index in [0.717, 1.165) is 11.3 Å². The van der Waals surface area contributed by atoms with Crippen LogP contribution in [0, 0.1) is 26.2 Å². The van der Waals surface area contributed by atoms with Crippen LogP contribution in [-0.4, -0.2) is 25.0 Å². The van der Waals surface area contributed by atoms with E-state index in [1.807, 2.05) is 32.0 Å². The van der Waals surface area contributed by atoms with Gasteiger partial charge < -0.3 is 15.4 Å². The number of hydrogen-bond acceptors (Lipinski definition) is 3. The highest BCUT2D eigenvalue weighted by Gasteiger charge is 2.12. The number of terminal acetylenes is 1. The highest BCUT2D eigenvalue weighted by molar-refractivity contribution is 6.03. The summed E-state index contributed by atoms with van der Waals surface area (Å²) in [5, 5.41) is 5.33. The van der Waals surface area contributed by atoms with Gasteiger partial charge >= 0.3 is 0 Å². The molecule has 2 amide bonds. The van der Waals surface area contributed by atoms with Gasteiger partial charge in [-0.1, -0.05) is 24.1 Å². The number of benzene rings is 2. The molecule has 2 N–H and O–H groups in total. The van der Waals surface area contributed by atoms with Gasteiger partial charge in [-0.05, 0) is 49.2 Å². The topological polar surface area (TPSA) is 67.4 Å². The third kappa shape index (κ3) is 5.38. The second-order valence-corrected chi connectivity index (χ2v) is 5.83. The third-order valence-electron chi connectivity index (χ3n) is 3.87. The number of ether oxygens (including phenoxy) is 1. The molecular formula is C21H22N2O3. The molecule has 2 rings (SSSR count). The molecule has 0 aliphatic heterocycles. The zero-order valence-electron chi connectivity index (χ0n) is 15.0. The van der Waals surface area contributed by atoms with E-state index in [2.05, 4.69) is 16.6 Å². The highest BCUT2D eigenvalue weighted by Crippen LogP contribution is 2.17.